The van der Waals surface area contributed by atoms with Crippen LogP contribution < -0.4 is 0 Å². The van der Waals surface area contributed by atoms with Crippen LogP contribution in [0.2, 0.25) is 10.0 Å². The highest BCUT2D eigenvalue weighted by Crippen LogP contribution is 2.23. The standard InChI is InChI=1S/C14H15Cl2N3O/c1-20-18-14(3-2-7-19-8-6-17-10-19)11-4-5-12(15)13(16)9-11/h4-6,8-10H,2-3,7H2,1H3/b18-14+. The maximum absolute atomic E-state index is 6.03. The van der Waals surface area contributed by atoms with E-state index >= 15 is 0 Å². The van der Waals surface area contributed by atoms with Crippen molar-refractivity contribution in [1.82, 2.24) is 9.55 Å². The predicted molar refractivity (Wildman–Crippen MR) is 81.5 cm³/mol. The average molecular weight is 312 g/mol. The van der Waals surface area contributed by atoms with Gasteiger partial charge in [0.05, 0.1) is 22.1 Å². The van der Waals surface area contributed by atoms with Crippen LogP contribution in [-0.4, -0.2) is 22.4 Å². The lowest BCUT2D eigenvalue weighted by Crippen LogP contribution is -2.04. The Morgan fingerprint density at radius 1 is 1.35 bits per heavy atom. The molecule has 0 N–H and O–H groups in total. The number of aryl methyl sites for hydroxylation is 1. The van der Waals surface area contributed by atoms with E-state index in [1.54, 1.807) is 24.7 Å². The van der Waals surface area contributed by atoms with Crippen molar-refractivity contribution in [2.75, 3.05) is 7.11 Å². The molecule has 0 aliphatic rings. The molecule has 0 radical (unpaired) electrons. The van der Waals surface area contributed by atoms with E-state index in [2.05, 4.69) is 10.1 Å². The summed E-state index contributed by atoms with van der Waals surface area (Å²) in [7, 11) is 1.54. The van der Waals surface area contributed by atoms with E-state index in [1.807, 2.05) is 16.8 Å². The average Bonchev–Trinajstić information content (AvgIpc) is 2.94. The van der Waals surface area contributed by atoms with Gasteiger partial charge < -0.3 is 9.40 Å². The molecular formula is C14H15Cl2N3O. The van der Waals surface area contributed by atoms with Crippen molar-refractivity contribution in [2.45, 2.75) is 19.4 Å². The van der Waals surface area contributed by atoms with Crippen LogP contribution in [0.3, 0.4) is 0 Å². The van der Waals surface area contributed by atoms with Gasteiger partial charge in [0.2, 0.25) is 0 Å². The Balaban J connectivity index is 2.03. The van der Waals surface area contributed by atoms with Crippen molar-refractivity contribution in [3.05, 3.63) is 52.5 Å². The highest BCUT2D eigenvalue weighted by Gasteiger charge is 2.07. The Morgan fingerprint density at radius 2 is 2.20 bits per heavy atom. The fourth-order valence-electron chi connectivity index (χ4n) is 1.88. The lowest BCUT2D eigenvalue weighted by atomic mass is 10.1. The molecule has 0 atom stereocenters. The number of hydrogen-bond acceptors (Lipinski definition) is 3. The summed E-state index contributed by atoms with van der Waals surface area (Å²) in [6, 6.07) is 5.46. The molecular weight excluding hydrogens is 297 g/mol. The maximum atomic E-state index is 6.03. The highest BCUT2D eigenvalue weighted by atomic mass is 35.5. The molecule has 20 heavy (non-hydrogen) atoms. The molecule has 6 heteroatoms. The molecule has 0 fully saturated rings. The van der Waals surface area contributed by atoms with E-state index in [0.29, 0.717) is 10.0 Å². The van der Waals surface area contributed by atoms with Gasteiger partial charge in [0, 0.05) is 24.5 Å². The summed E-state index contributed by atoms with van der Waals surface area (Å²) >= 11 is 12.0. The zero-order valence-electron chi connectivity index (χ0n) is 11.1. The molecule has 106 valence electrons. The molecule has 0 aliphatic carbocycles. The number of benzene rings is 1. The Morgan fingerprint density at radius 3 is 2.85 bits per heavy atom. The van der Waals surface area contributed by atoms with Gasteiger partial charge in [0.15, 0.2) is 0 Å². The second-order valence-corrected chi connectivity index (χ2v) is 5.07. The first-order valence-corrected chi connectivity index (χ1v) is 6.97. The summed E-state index contributed by atoms with van der Waals surface area (Å²) in [6.45, 7) is 0.879. The zero-order chi connectivity index (χ0) is 14.4. The third kappa shape index (κ3) is 3.99. The zero-order valence-corrected chi connectivity index (χ0v) is 12.6. The molecule has 2 rings (SSSR count). The fraction of sp³-hybridized carbons (Fsp3) is 0.286. The second kappa shape index (κ2) is 7.31. The van der Waals surface area contributed by atoms with Gasteiger partial charge in [0.25, 0.3) is 0 Å². The van der Waals surface area contributed by atoms with Crippen LogP contribution in [0.5, 0.6) is 0 Å². The van der Waals surface area contributed by atoms with Crippen molar-refractivity contribution >= 4 is 28.9 Å². The lowest BCUT2D eigenvalue weighted by Gasteiger charge is -2.08. The number of rotatable bonds is 6. The molecule has 0 bridgehead atoms. The SMILES string of the molecule is CO/N=C(\CCCn1ccnc1)c1ccc(Cl)c(Cl)c1. The summed E-state index contributed by atoms with van der Waals surface area (Å²) in [5.74, 6) is 0. The largest absolute Gasteiger partial charge is 0.399 e. The normalized spacial score (nSPS) is 11.7. The van der Waals surface area contributed by atoms with E-state index < -0.39 is 0 Å². The van der Waals surface area contributed by atoms with E-state index in [9.17, 15) is 0 Å². The minimum Gasteiger partial charge on any atom is -0.399 e. The van der Waals surface area contributed by atoms with Crippen molar-refractivity contribution in [2.24, 2.45) is 5.16 Å². The van der Waals surface area contributed by atoms with Gasteiger partial charge in [-0.15, -0.1) is 0 Å². The van der Waals surface area contributed by atoms with Gasteiger partial charge in [-0.2, -0.15) is 0 Å². The third-order valence-corrected chi connectivity index (χ3v) is 3.58. The smallest absolute Gasteiger partial charge is 0.106 e. The van der Waals surface area contributed by atoms with Crippen LogP contribution in [0.4, 0.5) is 0 Å². The first-order chi connectivity index (χ1) is 9.70. The van der Waals surface area contributed by atoms with Crippen LogP contribution in [0, 0.1) is 0 Å². The molecule has 0 unspecified atom stereocenters. The Hall–Kier alpha value is -1.52. The molecule has 0 saturated heterocycles. The molecule has 1 aromatic carbocycles. The molecule has 0 amide bonds. The van der Waals surface area contributed by atoms with Gasteiger partial charge in [-0.3, -0.25) is 0 Å². The van der Waals surface area contributed by atoms with Crippen LogP contribution >= 0.6 is 23.2 Å². The third-order valence-electron chi connectivity index (χ3n) is 2.84. The molecule has 0 saturated carbocycles. The minimum atomic E-state index is 0.516. The maximum Gasteiger partial charge on any atom is 0.106 e. The number of hydrogen-bond donors (Lipinski definition) is 0. The summed E-state index contributed by atoms with van der Waals surface area (Å²) in [6.07, 6.45) is 7.21. The number of aromatic nitrogens is 2. The van der Waals surface area contributed by atoms with Gasteiger partial charge in [0.1, 0.15) is 7.11 Å². The molecule has 0 aliphatic heterocycles. The van der Waals surface area contributed by atoms with Gasteiger partial charge >= 0.3 is 0 Å². The van der Waals surface area contributed by atoms with E-state index in [-0.39, 0.29) is 0 Å². The summed E-state index contributed by atoms with van der Waals surface area (Å²) in [5.41, 5.74) is 1.78. The Labute approximate surface area is 128 Å². The molecule has 0 spiro atoms. The first-order valence-electron chi connectivity index (χ1n) is 6.22. The fourth-order valence-corrected chi connectivity index (χ4v) is 2.17. The molecule has 1 aromatic heterocycles. The number of nitrogens with zero attached hydrogens (tertiary/aromatic N) is 3. The number of imidazole rings is 1. The highest BCUT2D eigenvalue weighted by molar-refractivity contribution is 6.42. The van der Waals surface area contributed by atoms with Crippen molar-refractivity contribution < 1.29 is 4.84 Å². The van der Waals surface area contributed by atoms with E-state index in [0.717, 1.165) is 30.7 Å². The first kappa shape index (κ1) is 14.9. The van der Waals surface area contributed by atoms with Crippen LogP contribution in [0.25, 0.3) is 0 Å². The molecule has 2 aromatic rings. The Kier molecular flexibility index (Phi) is 5.44. The summed E-state index contributed by atoms with van der Waals surface area (Å²) in [5, 5.41) is 5.12. The van der Waals surface area contributed by atoms with Crippen LogP contribution in [-0.2, 0) is 11.4 Å². The molecule has 1 heterocycles. The van der Waals surface area contributed by atoms with Crippen molar-refractivity contribution in [3.8, 4) is 0 Å². The number of oxime groups is 1. The van der Waals surface area contributed by atoms with E-state index in [1.165, 1.54) is 7.11 Å². The van der Waals surface area contributed by atoms with Gasteiger partial charge in [-0.05, 0) is 25.0 Å². The predicted octanol–water partition coefficient (Wildman–Crippen LogP) is 4.02. The number of halogens is 2. The van der Waals surface area contributed by atoms with Crippen LogP contribution in [0.1, 0.15) is 18.4 Å². The van der Waals surface area contributed by atoms with Gasteiger partial charge in [-0.25, -0.2) is 4.98 Å². The summed E-state index contributed by atoms with van der Waals surface area (Å²) < 4.78 is 2.03. The monoisotopic (exact) mass is 311 g/mol. The minimum absolute atomic E-state index is 0.516. The van der Waals surface area contributed by atoms with Crippen molar-refractivity contribution in [1.29, 1.82) is 0 Å². The quantitative estimate of drug-likeness (QED) is 0.597. The van der Waals surface area contributed by atoms with E-state index in [4.69, 9.17) is 28.0 Å². The Bertz CT molecular complexity index is 582. The lowest BCUT2D eigenvalue weighted by molar-refractivity contribution is 0.212. The topological polar surface area (TPSA) is 39.4 Å². The second-order valence-electron chi connectivity index (χ2n) is 4.25. The van der Waals surface area contributed by atoms with Gasteiger partial charge in [-0.1, -0.05) is 34.4 Å². The summed E-state index contributed by atoms with van der Waals surface area (Å²) in [4.78, 5) is 8.92. The van der Waals surface area contributed by atoms with Crippen molar-refractivity contribution in [3.63, 3.8) is 0 Å². The molecule has 4 nitrogen and oxygen atoms in total. The van der Waals surface area contributed by atoms with Crippen LogP contribution in [0.15, 0.2) is 42.1 Å².